The van der Waals surface area contributed by atoms with E-state index in [9.17, 15) is 35.5 Å². The summed E-state index contributed by atoms with van der Waals surface area (Å²) in [6.45, 7) is 0. The van der Waals surface area contributed by atoms with Gasteiger partial charge in [0.15, 0.2) is 0 Å². The van der Waals surface area contributed by atoms with E-state index in [2.05, 4.69) is 10.6 Å². The largest absolute Gasteiger partial charge is 1.00 e. The summed E-state index contributed by atoms with van der Waals surface area (Å²) in [7, 11) is -7.09. The van der Waals surface area contributed by atoms with Gasteiger partial charge in [0, 0.05) is 37.3 Å². The van der Waals surface area contributed by atoms with Crippen molar-refractivity contribution in [1.82, 2.24) is 9.13 Å². The second kappa shape index (κ2) is 12.1. The molecule has 0 aliphatic carbocycles. The first-order valence-electron chi connectivity index (χ1n) is 10.3. The molecule has 0 aliphatic heterocycles. The van der Waals surface area contributed by atoms with Gasteiger partial charge in [-0.25, -0.2) is 16.8 Å². The Bertz CT molecular complexity index is 1820. The zero-order valence-electron chi connectivity index (χ0n) is 21.3. The average Bonchev–Trinajstić information content (AvgIpc) is 3.31. The molecule has 13 nitrogen and oxygen atoms in total. The Kier molecular flexibility index (Phi) is 10.3. The van der Waals surface area contributed by atoms with E-state index < -0.39 is 47.5 Å². The molecule has 2 amide bonds. The summed E-state index contributed by atoms with van der Waals surface area (Å²) in [4.78, 5) is 23.9. The molecule has 2 heterocycles. The van der Waals surface area contributed by atoms with Gasteiger partial charge in [-0.3, -0.25) is 9.59 Å². The van der Waals surface area contributed by atoms with Crippen molar-refractivity contribution in [2.75, 3.05) is 16.4 Å². The van der Waals surface area contributed by atoms with Crippen molar-refractivity contribution in [3.8, 4) is 0 Å². The molecule has 0 radical (unpaired) electrons. The van der Waals surface area contributed by atoms with Crippen LogP contribution in [-0.2, 0) is 34.3 Å². The van der Waals surface area contributed by atoms with Gasteiger partial charge in [0.1, 0.15) is 31.6 Å². The molecule has 4 aromatic rings. The molecule has 2 aromatic heterocycles. The summed E-state index contributed by atoms with van der Waals surface area (Å²) in [5.41, 5.74) is 6.17. The van der Waals surface area contributed by atoms with Crippen LogP contribution in [0.5, 0.6) is 0 Å². The van der Waals surface area contributed by atoms with Crippen LogP contribution in [-0.4, -0.2) is 46.9 Å². The van der Waals surface area contributed by atoms with Crippen molar-refractivity contribution < 1.29 is 94.6 Å². The molecular weight excluding hydrogens is 572 g/mol. The third-order valence-corrected chi connectivity index (χ3v) is 7.33. The van der Waals surface area contributed by atoms with Crippen LogP contribution in [0.4, 0.5) is 17.1 Å². The van der Waals surface area contributed by atoms with Gasteiger partial charge in [-0.1, -0.05) is 18.2 Å². The first-order chi connectivity index (χ1) is 17.2. The smallest absolute Gasteiger partial charge is 0.744 e. The molecule has 2 aromatic carbocycles. The fourth-order valence-corrected chi connectivity index (χ4v) is 5.47. The van der Waals surface area contributed by atoms with E-state index in [4.69, 9.17) is 5.73 Å². The van der Waals surface area contributed by atoms with E-state index in [1.54, 1.807) is 13.2 Å². The van der Waals surface area contributed by atoms with Gasteiger partial charge in [-0.15, -0.1) is 0 Å². The number of aryl methyl sites for hydroxylation is 2. The van der Waals surface area contributed by atoms with Crippen molar-refractivity contribution in [1.29, 1.82) is 0 Å². The molecule has 39 heavy (non-hydrogen) atoms. The van der Waals surface area contributed by atoms with Crippen LogP contribution in [0, 0.1) is 0 Å². The van der Waals surface area contributed by atoms with E-state index >= 15 is 0 Å². The molecule has 0 bridgehead atoms. The molecule has 0 saturated carbocycles. The van der Waals surface area contributed by atoms with Crippen molar-refractivity contribution in [2.24, 2.45) is 14.1 Å². The van der Waals surface area contributed by atoms with Crippen LogP contribution in [0.3, 0.4) is 0 Å². The molecule has 194 valence electrons. The fraction of sp³-hybridized carbons (Fsp3) is 0.0909. The number of amides is 2. The molecule has 0 atom stereocenters. The number of fused-ring (bicyclic) bond motifs is 1. The summed E-state index contributed by atoms with van der Waals surface area (Å²) < 4.78 is 74.0. The van der Waals surface area contributed by atoms with Crippen molar-refractivity contribution in [2.45, 2.75) is 9.79 Å². The number of nitrogens with two attached hydrogens (primary N) is 1. The normalized spacial score (nSPS) is 11.4. The standard InChI is InChI=1S/C22H21N5O8S2.2Na/c1-26-10-12(23)8-17(26)21(28)24-13-9-18(27(2)11-13)22(29)25-16-7-6-14-15(20(16)37(33,34)35)4-3-5-19(14)36(30,31)32;;/h3-11H,23H2,1-2H3,(H,24,28)(H,25,29)(H,30,31,32)(H,33,34,35);;/q;2*+1/p-2. The van der Waals surface area contributed by atoms with Gasteiger partial charge >= 0.3 is 59.1 Å². The summed E-state index contributed by atoms with van der Waals surface area (Å²) in [5.74, 6) is -1.32. The number of benzene rings is 2. The zero-order valence-corrected chi connectivity index (χ0v) is 26.9. The van der Waals surface area contributed by atoms with Crippen LogP contribution in [0.25, 0.3) is 10.8 Å². The number of hydrogen-bond acceptors (Lipinski definition) is 9. The Morgan fingerprint density at radius 2 is 1.38 bits per heavy atom. The minimum Gasteiger partial charge on any atom is -0.744 e. The molecule has 4 rings (SSSR count). The first-order valence-corrected chi connectivity index (χ1v) is 13.2. The van der Waals surface area contributed by atoms with Crippen molar-refractivity contribution in [3.63, 3.8) is 0 Å². The molecule has 4 N–H and O–H groups in total. The SMILES string of the molecule is Cn1cc(N)cc1C(=O)Nc1cc(C(=O)Nc2ccc3c(S(=O)(=O)[O-])cccc3c2S(=O)(=O)[O-])n(C)c1.[Na+].[Na+]. The summed E-state index contributed by atoms with van der Waals surface area (Å²) in [6.07, 6.45) is 3.00. The molecule has 17 heteroatoms. The summed E-state index contributed by atoms with van der Waals surface area (Å²) in [6, 6.07) is 8.18. The number of anilines is 3. The Hall–Kier alpha value is -2.18. The second-order valence-electron chi connectivity index (χ2n) is 8.10. The third-order valence-electron chi connectivity index (χ3n) is 5.49. The minimum absolute atomic E-state index is 0. The topological polar surface area (TPSA) is 208 Å². The van der Waals surface area contributed by atoms with Crippen LogP contribution in [0.1, 0.15) is 21.0 Å². The summed E-state index contributed by atoms with van der Waals surface area (Å²) >= 11 is 0. The number of carbonyl (C=O) groups is 2. The first kappa shape index (κ1) is 33.0. The predicted octanol–water partition coefficient (Wildman–Crippen LogP) is -4.58. The van der Waals surface area contributed by atoms with Crippen LogP contribution < -0.4 is 75.5 Å². The number of rotatable bonds is 6. The average molecular weight is 592 g/mol. The quantitative estimate of drug-likeness (QED) is 0.145. The third kappa shape index (κ3) is 6.94. The molecule has 0 unspecified atom stereocenters. The maximum absolute atomic E-state index is 13.0. The van der Waals surface area contributed by atoms with Crippen LogP contribution in [0.15, 0.2) is 64.6 Å². The Balaban J connectivity index is 0.00000267. The fourth-order valence-electron chi connectivity index (χ4n) is 3.94. The monoisotopic (exact) mass is 591 g/mol. The van der Waals surface area contributed by atoms with E-state index in [1.165, 1.54) is 34.5 Å². The maximum Gasteiger partial charge on any atom is 1.00 e. The number of nitrogen functional groups attached to an aromatic ring is 1. The minimum atomic E-state index is -5.24. The van der Waals surface area contributed by atoms with Gasteiger partial charge in [0.2, 0.25) is 0 Å². The Morgan fingerprint density at radius 3 is 1.95 bits per heavy atom. The van der Waals surface area contributed by atoms with E-state index in [0.29, 0.717) is 5.69 Å². The number of nitrogens with one attached hydrogen (secondary N) is 2. The van der Waals surface area contributed by atoms with E-state index in [-0.39, 0.29) is 87.0 Å². The van der Waals surface area contributed by atoms with Gasteiger partial charge in [0.05, 0.1) is 26.9 Å². The van der Waals surface area contributed by atoms with Crippen LogP contribution >= 0.6 is 0 Å². The predicted molar refractivity (Wildman–Crippen MR) is 131 cm³/mol. The molecule has 0 aliphatic rings. The number of carbonyl (C=O) groups excluding carboxylic acids is 2. The zero-order chi connectivity index (χ0) is 27.3. The molecular formula is C22H19N5Na2O8S2. The number of aromatic nitrogens is 2. The number of hydrogen-bond donors (Lipinski definition) is 3. The van der Waals surface area contributed by atoms with Crippen molar-refractivity contribution >= 4 is 59.9 Å². The molecule has 0 saturated heterocycles. The van der Waals surface area contributed by atoms with Gasteiger partial charge in [-0.2, -0.15) is 0 Å². The van der Waals surface area contributed by atoms with E-state index in [0.717, 1.165) is 30.3 Å². The van der Waals surface area contributed by atoms with E-state index in [1.807, 2.05) is 0 Å². The molecule has 0 fully saturated rings. The molecule has 0 spiro atoms. The maximum atomic E-state index is 13.0. The Morgan fingerprint density at radius 1 is 0.795 bits per heavy atom. The van der Waals surface area contributed by atoms with Gasteiger partial charge < -0.3 is 34.6 Å². The summed E-state index contributed by atoms with van der Waals surface area (Å²) in [5, 5.41) is 4.34. The van der Waals surface area contributed by atoms with Crippen molar-refractivity contribution in [3.05, 3.63) is 66.2 Å². The van der Waals surface area contributed by atoms with Gasteiger partial charge in [-0.05, 0) is 24.3 Å². The number of nitrogens with zero attached hydrogens (tertiary/aromatic N) is 2. The van der Waals surface area contributed by atoms with Crippen LogP contribution in [0.2, 0.25) is 0 Å². The van der Waals surface area contributed by atoms with Gasteiger partial charge in [0.25, 0.3) is 11.8 Å². The Labute approximate surface area is 267 Å². The second-order valence-corrected chi connectivity index (χ2v) is 10.8.